The molecule has 5 heteroatoms. The van der Waals surface area contributed by atoms with Crippen molar-refractivity contribution in [2.24, 2.45) is 0 Å². The molecular formula is C15H15FN2O2. The molecule has 0 fully saturated rings. The van der Waals surface area contributed by atoms with Crippen LogP contribution < -0.4 is 10.1 Å². The monoisotopic (exact) mass is 274 g/mol. The lowest BCUT2D eigenvalue weighted by Crippen LogP contribution is -2.31. The molecule has 104 valence electrons. The first kappa shape index (κ1) is 14.0. The number of rotatable bonds is 5. The Hall–Kier alpha value is -2.43. The fourth-order valence-corrected chi connectivity index (χ4v) is 1.72. The van der Waals surface area contributed by atoms with E-state index in [4.69, 9.17) is 4.74 Å². The van der Waals surface area contributed by atoms with Gasteiger partial charge in [-0.1, -0.05) is 6.07 Å². The molecule has 0 aliphatic heterocycles. The maximum atomic E-state index is 12.9. The molecule has 0 bridgehead atoms. The zero-order valence-electron chi connectivity index (χ0n) is 11.0. The molecule has 0 saturated heterocycles. The van der Waals surface area contributed by atoms with Crippen molar-refractivity contribution in [1.29, 1.82) is 0 Å². The van der Waals surface area contributed by atoms with Crippen LogP contribution in [0.3, 0.4) is 0 Å². The lowest BCUT2D eigenvalue weighted by Gasteiger charge is -2.14. The highest BCUT2D eigenvalue weighted by molar-refractivity contribution is 5.78. The Labute approximate surface area is 116 Å². The summed E-state index contributed by atoms with van der Waals surface area (Å²) in [4.78, 5) is 15.7. The molecule has 0 aliphatic rings. The van der Waals surface area contributed by atoms with Crippen molar-refractivity contribution in [1.82, 2.24) is 10.3 Å². The standard InChI is InChI=1S/C15H15FN2O2/c1-11(12-5-7-17-8-6-12)18-15(19)10-20-14-4-2-3-13(16)9-14/h2-9,11H,10H2,1H3,(H,18,19). The van der Waals surface area contributed by atoms with Gasteiger partial charge in [-0.2, -0.15) is 0 Å². The first-order valence-corrected chi connectivity index (χ1v) is 6.23. The molecular weight excluding hydrogens is 259 g/mol. The number of ether oxygens (including phenoxy) is 1. The minimum atomic E-state index is -0.395. The Bertz CT molecular complexity index is 575. The maximum absolute atomic E-state index is 12.9. The van der Waals surface area contributed by atoms with Crippen LogP contribution in [0.4, 0.5) is 4.39 Å². The third-order valence-corrected chi connectivity index (χ3v) is 2.75. The minimum absolute atomic E-state index is 0.137. The van der Waals surface area contributed by atoms with Crippen LogP contribution in [0.15, 0.2) is 48.8 Å². The topological polar surface area (TPSA) is 51.2 Å². The van der Waals surface area contributed by atoms with E-state index < -0.39 is 5.82 Å². The molecule has 0 aliphatic carbocycles. The molecule has 4 nitrogen and oxygen atoms in total. The van der Waals surface area contributed by atoms with Crippen molar-refractivity contribution >= 4 is 5.91 Å². The van der Waals surface area contributed by atoms with Crippen molar-refractivity contribution in [2.75, 3.05) is 6.61 Å². The largest absolute Gasteiger partial charge is 0.484 e. The van der Waals surface area contributed by atoms with Gasteiger partial charge in [-0.05, 0) is 36.8 Å². The summed E-state index contributed by atoms with van der Waals surface area (Å²) in [6, 6.07) is 9.21. The number of aromatic nitrogens is 1. The Morgan fingerprint density at radius 2 is 2.10 bits per heavy atom. The van der Waals surface area contributed by atoms with Crippen LogP contribution >= 0.6 is 0 Å². The van der Waals surface area contributed by atoms with Crippen LogP contribution in [0.1, 0.15) is 18.5 Å². The van der Waals surface area contributed by atoms with Gasteiger partial charge < -0.3 is 10.1 Å². The maximum Gasteiger partial charge on any atom is 0.258 e. The van der Waals surface area contributed by atoms with E-state index in [9.17, 15) is 9.18 Å². The van der Waals surface area contributed by atoms with E-state index in [1.807, 2.05) is 19.1 Å². The number of carbonyl (C=O) groups excluding carboxylic acids is 1. The lowest BCUT2D eigenvalue weighted by molar-refractivity contribution is -0.123. The van der Waals surface area contributed by atoms with Crippen LogP contribution in [0, 0.1) is 5.82 Å². The van der Waals surface area contributed by atoms with Crippen molar-refractivity contribution in [3.63, 3.8) is 0 Å². The summed E-state index contributed by atoms with van der Waals surface area (Å²) in [5, 5.41) is 2.80. The van der Waals surface area contributed by atoms with Gasteiger partial charge in [0, 0.05) is 18.5 Å². The van der Waals surface area contributed by atoms with Gasteiger partial charge in [0.25, 0.3) is 5.91 Å². The van der Waals surface area contributed by atoms with Gasteiger partial charge in [-0.3, -0.25) is 9.78 Å². The summed E-state index contributed by atoms with van der Waals surface area (Å²) < 4.78 is 18.2. The van der Waals surface area contributed by atoms with Gasteiger partial charge in [0.2, 0.25) is 0 Å². The van der Waals surface area contributed by atoms with E-state index in [0.717, 1.165) is 5.56 Å². The van der Waals surface area contributed by atoms with Gasteiger partial charge >= 0.3 is 0 Å². The normalized spacial score (nSPS) is 11.7. The van der Waals surface area contributed by atoms with Gasteiger partial charge in [0.1, 0.15) is 11.6 Å². The summed E-state index contributed by atoms with van der Waals surface area (Å²) in [5.74, 6) is -0.330. The summed E-state index contributed by atoms with van der Waals surface area (Å²) >= 11 is 0. The number of nitrogens with zero attached hydrogens (tertiary/aromatic N) is 1. The molecule has 0 spiro atoms. The lowest BCUT2D eigenvalue weighted by atomic mass is 10.1. The molecule has 1 unspecified atom stereocenters. The molecule has 1 aromatic heterocycles. The van der Waals surface area contributed by atoms with Gasteiger partial charge in [-0.15, -0.1) is 0 Å². The molecule has 0 radical (unpaired) electrons. The van der Waals surface area contributed by atoms with Gasteiger partial charge in [0.05, 0.1) is 6.04 Å². The first-order chi connectivity index (χ1) is 9.65. The highest BCUT2D eigenvalue weighted by Crippen LogP contribution is 2.12. The Kier molecular flexibility index (Phi) is 4.65. The number of hydrogen-bond donors (Lipinski definition) is 1. The second-order valence-corrected chi connectivity index (χ2v) is 4.32. The van der Waals surface area contributed by atoms with Crippen LogP contribution in [0.5, 0.6) is 5.75 Å². The number of nitrogens with one attached hydrogen (secondary N) is 1. The van der Waals surface area contributed by atoms with Gasteiger partial charge in [-0.25, -0.2) is 4.39 Å². The fraction of sp³-hybridized carbons (Fsp3) is 0.200. The average molecular weight is 274 g/mol. The van der Waals surface area contributed by atoms with Crippen LogP contribution in [-0.4, -0.2) is 17.5 Å². The van der Waals surface area contributed by atoms with Crippen LogP contribution in [0.25, 0.3) is 0 Å². The molecule has 2 aromatic rings. The zero-order valence-corrected chi connectivity index (χ0v) is 11.0. The SMILES string of the molecule is CC(NC(=O)COc1cccc(F)c1)c1ccncc1. The van der Waals surface area contributed by atoms with Gasteiger partial charge in [0.15, 0.2) is 6.61 Å². The van der Waals surface area contributed by atoms with Crippen molar-refractivity contribution in [3.05, 3.63) is 60.2 Å². The minimum Gasteiger partial charge on any atom is -0.484 e. The number of pyridine rings is 1. The fourth-order valence-electron chi connectivity index (χ4n) is 1.72. The molecule has 1 N–H and O–H groups in total. The third-order valence-electron chi connectivity index (χ3n) is 2.75. The number of benzene rings is 1. The number of hydrogen-bond acceptors (Lipinski definition) is 3. The average Bonchev–Trinajstić information content (AvgIpc) is 2.46. The Balaban J connectivity index is 1.84. The number of amides is 1. The second kappa shape index (κ2) is 6.65. The van der Waals surface area contributed by atoms with Crippen molar-refractivity contribution in [2.45, 2.75) is 13.0 Å². The van der Waals surface area contributed by atoms with Crippen molar-refractivity contribution in [3.8, 4) is 5.75 Å². The molecule has 2 rings (SSSR count). The molecule has 1 heterocycles. The highest BCUT2D eigenvalue weighted by Gasteiger charge is 2.09. The molecule has 1 atom stereocenters. The van der Waals surface area contributed by atoms with E-state index in [1.54, 1.807) is 18.5 Å². The molecule has 20 heavy (non-hydrogen) atoms. The first-order valence-electron chi connectivity index (χ1n) is 6.23. The van der Waals surface area contributed by atoms with Crippen LogP contribution in [0.2, 0.25) is 0 Å². The molecule has 1 aromatic carbocycles. The smallest absolute Gasteiger partial charge is 0.258 e. The Morgan fingerprint density at radius 3 is 2.80 bits per heavy atom. The summed E-state index contributed by atoms with van der Waals surface area (Å²) in [5.41, 5.74) is 0.958. The summed E-state index contributed by atoms with van der Waals surface area (Å²) in [6.45, 7) is 1.72. The molecule has 1 amide bonds. The summed E-state index contributed by atoms with van der Waals surface area (Å²) in [6.07, 6.45) is 3.34. The zero-order chi connectivity index (χ0) is 14.4. The predicted octanol–water partition coefficient (Wildman–Crippen LogP) is 2.48. The molecule has 0 saturated carbocycles. The number of carbonyl (C=O) groups is 1. The van der Waals surface area contributed by atoms with E-state index in [1.165, 1.54) is 18.2 Å². The summed E-state index contributed by atoms with van der Waals surface area (Å²) in [7, 11) is 0. The number of halogens is 1. The Morgan fingerprint density at radius 1 is 1.35 bits per heavy atom. The van der Waals surface area contributed by atoms with Crippen LogP contribution in [-0.2, 0) is 4.79 Å². The van der Waals surface area contributed by atoms with E-state index in [2.05, 4.69) is 10.3 Å². The highest BCUT2D eigenvalue weighted by atomic mass is 19.1. The predicted molar refractivity (Wildman–Crippen MR) is 72.7 cm³/mol. The third kappa shape index (κ3) is 4.05. The van der Waals surface area contributed by atoms with E-state index in [-0.39, 0.29) is 18.6 Å². The van der Waals surface area contributed by atoms with E-state index in [0.29, 0.717) is 5.75 Å². The van der Waals surface area contributed by atoms with E-state index >= 15 is 0 Å². The second-order valence-electron chi connectivity index (χ2n) is 4.32. The quantitative estimate of drug-likeness (QED) is 0.911. The van der Waals surface area contributed by atoms with Crippen molar-refractivity contribution < 1.29 is 13.9 Å².